The van der Waals surface area contributed by atoms with E-state index < -0.39 is 17.8 Å². The second kappa shape index (κ2) is 7.60. The number of piperidine rings is 1. The number of carbonyl (C=O) groups is 3. The summed E-state index contributed by atoms with van der Waals surface area (Å²) in [5.41, 5.74) is 0.972. The van der Waals surface area contributed by atoms with Gasteiger partial charge in [-0.05, 0) is 30.9 Å². The first-order valence-electron chi connectivity index (χ1n) is 9.72. The Hall–Kier alpha value is -2.32. The molecule has 1 atom stereocenters. The molecule has 2 saturated heterocycles. The highest BCUT2D eigenvalue weighted by Crippen LogP contribution is 2.36. The highest BCUT2D eigenvalue weighted by atomic mass is 32.1. The van der Waals surface area contributed by atoms with E-state index in [0.29, 0.717) is 0 Å². The molecule has 8 heteroatoms. The Balaban J connectivity index is 1.56. The van der Waals surface area contributed by atoms with Crippen LogP contribution in [0.5, 0.6) is 0 Å². The van der Waals surface area contributed by atoms with Gasteiger partial charge in [0.05, 0.1) is 22.9 Å². The van der Waals surface area contributed by atoms with Gasteiger partial charge in [0.25, 0.3) is 0 Å². The number of amides is 4. The summed E-state index contributed by atoms with van der Waals surface area (Å²) < 4.78 is 1.13. The summed E-state index contributed by atoms with van der Waals surface area (Å²) in [6.07, 6.45) is 3.01. The molecule has 4 rings (SSSR count). The molecule has 2 fully saturated rings. The zero-order valence-corrected chi connectivity index (χ0v) is 16.9. The Labute approximate surface area is 167 Å². The number of fused-ring (bicyclic) bond motifs is 1. The second-order valence-electron chi connectivity index (χ2n) is 7.81. The predicted octanol–water partition coefficient (Wildman–Crippen LogP) is 3.23. The topological polar surface area (TPSA) is 73.8 Å². The van der Waals surface area contributed by atoms with Crippen molar-refractivity contribution < 1.29 is 14.4 Å². The molecule has 28 heavy (non-hydrogen) atoms. The molecule has 1 aromatic heterocycles. The first kappa shape index (κ1) is 19.0. The van der Waals surface area contributed by atoms with Gasteiger partial charge in [0.1, 0.15) is 5.01 Å². The summed E-state index contributed by atoms with van der Waals surface area (Å²) in [6.45, 7) is 5.01. The van der Waals surface area contributed by atoms with Gasteiger partial charge >= 0.3 is 17.8 Å². The van der Waals surface area contributed by atoms with Crippen molar-refractivity contribution in [2.24, 2.45) is 5.92 Å². The summed E-state index contributed by atoms with van der Waals surface area (Å²) in [6, 6.07) is 7.58. The SMILES string of the molecule is CC(C)CN1C(=O)C(=O)N(CN2CCCC[C@H]2c2nc3ccccc3s2)C1=O. The largest absolute Gasteiger partial charge is 0.335 e. The lowest BCUT2D eigenvalue weighted by Crippen LogP contribution is -2.45. The standard InChI is InChI=1S/C20H24N4O3S/c1-13(2)11-23-18(25)19(26)24(20(23)27)12-22-10-6-5-8-15(22)17-21-14-7-3-4-9-16(14)28-17/h3-4,7,9,13,15H,5-6,8,10-12H2,1-2H3/t15-/m0/s1. The van der Waals surface area contributed by atoms with Crippen LogP contribution in [0.2, 0.25) is 0 Å². The summed E-state index contributed by atoms with van der Waals surface area (Å²) >= 11 is 1.66. The normalized spacial score (nSPS) is 21.5. The van der Waals surface area contributed by atoms with Crippen molar-refractivity contribution in [2.45, 2.75) is 39.2 Å². The van der Waals surface area contributed by atoms with E-state index in [1.54, 1.807) is 11.3 Å². The van der Waals surface area contributed by atoms with Crippen molar-refractivity contribution in [1.29, 1.82) is 0 Å². The number of nitrogens with zero attached hydrogens (tertiary/aromatic N) is 4. The van der Waals surface area contributed by atoms with E-state index in [-0.39, 0.29) is 25.2 Å². The number of hydrogen-bond donors (Lipinski definition) is 0. The van der Waals surface area contributed by atoms with Crippen molar-refractivity contribution in [2.75, 3.05) is 19.8 Å². The lowest BCUT2D eigenvalue weighted by molar-refractivity contribution is -0.144. The molecule has 0 unspecified atom stereocenters. The average Bonchev–Trinajstić information content (AvgIpc) is 3.19. The molecular weight excluding hydrogens is 376 g/mol. The average molecular weight is 401 g/mol. The van der Waals surface area contributed by atoms with Gasteiger partial charge in [-0.2, -0.15) is 0 Å². The molecule has 1 aromatic carbocycles. The van der Waals surface area contributed by atoms with E-state index in [0.717, 1.165) is 50.8 Å². The third-order valence-electron chi connectivity index (χ3n) is 5.22. The molecule has 2 aliphatic heterocycles. The van der Waals surface area contributed by atoms with Crippen LogP contribution >= 0.6 is 11.3 Å². The summed E-state index contributed by atoms with van der Waals surface area (Å²) in [5.74, 6) is -1.32. The van der Waals surface area contributed by atoms with E-state index in [1.165, 1.54) is 0 Å². The van der Waals surface area contributed by atoms with Gasteiger partial charge in [-0.15, -0.1) is 11.3 Å². The second-order valence-corrected chi connectivity index (χ2v) is 8.87. The quantitative estimate of drug-likeness (QED) is 0.569. The number of urea groups is 1. The third-order valence-corrected chi connectivity index (χ3v) is 6.35. The minimum atomic E-state index is -0.723. The fraction of sp³-hybridized carbons (Fsp3) is 0.500. The molecular formula is C20H24N4O3S. The summed E-state index contributed by atoms with van der Waals surface area (Å²) in [7, 11) is 0. The van der Waals surface area contributed by atoms with E-state index in [2.05, 4.69) is 11.0 Å². The molecule has 4 amide bonds. The maximum Gasteiger partial charge on any atom is 0.335 e. The zero-order valence-electron chi connectivity index (χ0n) is 16.1. The molecule has 0 saturated carbocycles. The van der Waals surface area contributed by atoms with Crippen LogP contribution in [0.15, 0.2) is 24.3 Å². The Morgan fingerprint density at radius 1 is 1.11 bits per heavy atom. The van der Waals surface area contributed by atoms with Crippen LogP contribution in [0.1, 0.15) is 44.2 Å². The minimum absolute atomic E-state index is 0.0565. The van der Waals surface area contributed by atoms with Crippen LogP contribution in [-0.2, 0) is 9.59 Å². The van der Waals surface area contributed by atoms with Gasteiger partial charge in [0, 0.05) is 13.1 Å². The van der Waals surface area contributed by atoms with E-state index in [4.69, 9.17) is 4.98 Å². The number of aromatic nitrogens is 1. The van der Waals surface area contributed by atoms with Crippen LogP contribution in [0.4, 0.5) is 4.79 Å². The Morgan fingerprint density at radius 3 is 2.61 bits per heavy atom. The molecule has 0 N–H and O–H groups in total. The molecule has 148 valence electrons. The highest BCUT2D eigenvalue weighted by Gasteiger charge is 2.45. The predicted molar refractivity (Wildman–Crippen MR) is 107 cm³/mol. The highest BCUT2D eigenvalue weighted by molar-refractivity contribution is 7.18. The molecule has 7 nitrogen and oxygen atoms in total. The fourth-order valence-electron chi connectivity index (χ4n) is 3.86. The van der Waals surface area contributed by atoms with Gasteiger partial charge in [-0.1, -0.05) is 32.4 Å². The third kappa shape index (κ3) is 3.42. The molecule has 0 aliphatic carbocycles. The van der Waals surface area contributed by atoms with Crippen LogP contribution < -0.4 is 0 Å². The van der Waals surface area contributed by atoms with Crippen molar-refractivity contribution in [3.05, 3.63) is 29.3 Å². The lowest BCUT2D eigenvalue weighted by Gasteiger charge is -2.36. The first-order chi connectivity index (χ1) is 13.5. The molecule has 2 aliphatic rings. The Kier molecular flexibility index (Phi) is 5.16. The molecule has 2 aromatic rings. The van der Waals surface area contributed by atoms with Crippen LogP contribution in [0.25, 0.3) is 10.2 Å². The van der Waals surface area contributed by atoms with Crippen LogP contribution in [-0.4, -0.2) is 57.3 Å². The molecule has 0 bridgehead atoms. The van der Waals surface area contributed by atoms with E-state index in [9.17, 15) is 14.4 Å². The van der Waals surface area contributed by atoms with Gasteiger partial charge in [0.15, 0.2) is 0 Å². The number of para-hydroxylation sites is 1. The summed E-state index contributed by atoms with van der Waals surface area (Å²) in [5, 5.41) is 1.00. The number of hydrogen-bond acceptors (Lipinski definition) is 6. The van der Waals surface area contributed by atoms with Crippen molar-refractivity contribution in [3.8, 4) is 0 Å². The maximum atomic E-state index is 12.7. The Bertz CT molecular complexity index is 892. The van der Waals surface area contributed by atoms with Gasteiger partial charge < -0.3 is 0 Å². The lowest BCUT2D eigenvalue weighted by atomic mass is 10.0. The van der Waals surface area contributed by atoms with E-state index >= 15 is 0 Å². The van der Waals surface area contributed by atoms with Crippen molar-refractivity contribution in [3.63, 3.8) is 0 Å². The van der Waals surface area contributed by atoms with E-state index in [1.807, 2.05) is 32.0 Å². The molecule has 0 spiro atoms. The number of likely N-dealkylation sites (tertiary alicyclic amines) is 1. The van der Waals surface area contributed by atoms with Crippen LogP contribution in [0, 0.1) is 5.92 Å². The number of carbonyl (C=O) groups excluding carboxylic acids is 3. The zero-order chi connectivity index (χ0) is 19.8. The minimum Gasteiger partial charge on any atom is -0.276 e. The van der Waals surface area contributed by atoms with Crippen molar-refractivity contribution in [1.82, 2.24) is 19.7 Å². The monoisotopic (exact) mass is 400 g/mol. The number of rotatable bonds is 5. The summed E-state index contributed by atoms with van der Waals surface area (Å²) in [4.78, 5) is 46.4. The number of benzene rings is 1. The first-order valence-corrected chi connectivity index (χ1v) is 10.5. The van der Waals surface area contributed by atoms with Gasteiger partial charge in [-0.25, -0.2) is 14.7 Å². The molecule has 3 heterocycles. The van der Waals surface area contributed by atoms with Crippen molar-refractivity contribution >= 4 is 39.4 Å². The smallest absolute Gasteiger partial charge is 0.276 e. The van der Waals surface area contributed by atoms with Gasteiger partial charge in [-0.3, -0.25) is 19.4 Å². The molecule has 0 radical (unpaired) electrons. The Morgan fingerprint density at radius 2 is 1.86 bits per heavy atom. The fourth-order valence-corrected chi connectivity index (χ4v) is 4.99. The van der Waals surface area contributed by atoms with Crippen LogP contribution in [0.3, 0.4) is 0 Å². The number of thiazole rings is 1. The maximum absolute atomic E-state index is 12.7. The van der Waals surface area contributed by atoms with Gasteiger partial charge in [0.2, 0.25) is 0 Å². The number of imide groups is 2.